The topological polar surface area (TPSA) is 53.3 Å². The Bertz CT molecular complexity index is 112. The third-order valence-electron chi connectivity index (χ3n) is 0.440. The second-order valence-electron chi connectivity index (χ2n) is 0.918. The van der Waals surface area contributed by atoms with Gasteiger partial charge in [0.2, 0.25) is 0 Å². The van der Waals surface area contributed by atoms with Gasteiger partial charge in [-0.25, -0.2) is 0 Å². The molecule has 0 aliphatic rings. The second-order valence-corrected chi connectivity index (χ2v) is 0.918. The molecule has 1 heterocycles. The summed E-state index contributed by atoms with van der Waals surface area (Å²) in [6, 6.07) is 0. The van der Waals surface area contributed by atoms with Gasteiger partial charge in [-0.05, 0) is 0 Å². The van der Waals surface area contributed by atoms with Gasteiger partial charge in [0.15, 0.2) is 12.2 Å². The summed E-state index contributed by atoms with van der Waals surface area (Å²) in [5.74, 6) is 0.495. The van der Waals surface area contributed by atoms with Crippen molar-refractivity contribution in [3.63, 3.8) is 0 Å². The summed E-state index contributed by atoms with van der Waals surface area (Å²) < 4.78 is 4.41. The van der Waals surface area contributed by atoms with Gasteiger partial charge in [-0.2, -0.15) is 0 Å². The van der Waals surface area contributed by atoms with Crippen LogP contribution >= 0.6 is 0 Å². The van der Waals surface area contributed by atoms with Crippen molar-refractivity contribution < 1.29 is 9.40 Å². The first kappa shape index (κ1) is 3.21. The molecule has 0 spiro atoms. The first-order valence-corrected chi connectivity index (χ1v) is 1.52. The Morgan fingerprint density at radius 2 is 2.83 bits per heavy atom. The number of aromatic nitrogens is 1. The highest BCUT2D eigenvalue weighted by Crippen LogP contribution is 1.82. The van der Waals surface area contributed by atoms with Gasteiger partial charge in [-0.3, -0.25) is 0 Å². The molecule has 3 N–H and O–H groups in total. The lowest BCUT2D eigenvalue weighted by atomic mass is 10.8. The number of nitrogens with one attached hydrogen (secondary N) is 1. The Morgan fingerprint density at radius 3 is 3.00 bits per heavy atom. The fourth-order valence-corrected chi connectivity index (χ4v) is 0.211. The highest BCUT2D eigenvalue weighted by Gasteiger charge is 1.73. The highest BCUT2D eigenvalue weighted by atomic mass is 16.3. The maximum absolute atomic E-state index is 5.10. The van der Waals surface area contributed by atoms with Gasteiger partial charge in [0.1, 0.15) is 0 Å². The Labute approximate surface area is 34.8 Å². The van der Waals surface area contributed by atoms with Crippen LogP contribution in [-0.4, -0.2) is 0 Å². The quantitative estimate of drug-likeness (QED) is 0.430. The number of rotatable bonds is 0. The SMILES string of the molecule is Nc1co[c-][nH+]1. The summed E-state index contributed by atoms with van der Waals surface area (Å²) in [5.41, 5.74) is 5.10. The largest absolute Gasteiger partial charge is 0.559 e. The summed E-state index contributed by atoms with van der Waals surface area (Å²) in [5, 5.41) is 0. The van der Waals surface area contributed by atoms with Crippen LogP contribution in [0.1, 0.15) is 0 Å². The van der Waals surface area contributed by atoms with Crippen molar-refractivity contribution in [3.8, 4) is 0 Å². The zero-order valence-electron chi connectivity index (χ0n) is 3.06. The standard InChI is InChI=1S/C3H4N2O/c4-3-1-6-2-5-3/h1,5H,4H2. The van der Waals surface area contributed by atoms with Crippen LogP contribution in [0.5, 0.6) is 0 Å². The van der Waals surface area contributed by atoms with Crippen LogP contribution in [0, 0.1) is 6.39 Å². The number of aromatic amines is 1. The monoisotopic (exact) mass is 84.0 g/mol. The number of anilines is 1. The number of nitrogen functional groups attached to an aromatic ring is 1. The molecular weight excluding hydrogens is 80.0 g/mol. The van der Waals surface area contributed by atoms with Gasteiger partial charge in [-0.1, -0.05) is 0 Å². The summed E-state index contributed by atoms with van der Waals surface area (Å²) in [7, 11) is 0. The van der Waals surface area contributed by atoms with Crippen LogP contribution in [-0.2, 0) is 0 Å². The summed E-state index contributed by atoms with van der Waals surface area (Å²) in [6.07, 6.45) is 3.68. The molecule has 6 heavy (non-hydrogen) atoms. The third kappa shape index (κ3) is 0.337. The van der Waals surface area contributed by atoms with Gasteiger partial charge in [0.25, 0.3) is 0 Å². The predicted octanol–water partition coefficient (Wildman–Crippen LogP) is -0.524. The molecule has 0 fully saturated rings. The van der Waals surface area contributed by atoms with Gasteiger partial charge >= 0.3 is 0 Å². The summed E-state index contributed by atoms with van der Waals surface area (Å²) >= 11 is 0. The first-order chi connectivity index (χ1) is 2.89. The van der Waals surface area contributed by atoms with Crippen molar-refractivity contribution in [2.24, 2.45) is 0 Å². The van der Waals surface area contributed by atoms with E-state index >= 15 is 0 Å². The first-order valence-electron chi connectivity index (χ1n) is 1.52. The molecule has 0 aliphatic heterocycles. The van der Waals surface area contributed by atoms with Crippen LogP contribution in [0.4, 0.5) is 5.82 Å². The van der Waals surface area contributed by atoms with Gasteiger partial charge < -0.3 is 15.1 Å². The molecule has 3 nitrogen and oxygen atoms in total. The van der Waals surface area contributed by atoms with Crippen molar-refractivity contribution in [1.29, 1.82) is 0 Å². The molecule has 0 aromatic carbocycles. The minimum absolute atomic E-state index is 0.495. The number of hydrogen-bond acceptors (Lipinski definition) is 2. The molecule has 32 valence electrons. The van der Waals surface area contributed by atoms with Crippen molar-refractivity contribution in [2.45, 2.75) is 0 Å². The van der Waals surface area contributed by atoms with Gasteiger partial charge in [0.05, 0.1) is 0 Å². The van der Waals surface area contributed by atoms with E-state index < -0.39 is 0 Å². The zero-order chi connectivity index (χ0) is 4.41. The van der Waals surface area contributed by atoms with E-state index in [4.69, 9.17) is 5.73 Å². The lowest BCUT2D eigenvalue weighted by Crippen LogP contribution is -2.02. The molecule has 1 aromatic heterocycles. The molecule has 0 atom stereocenters. The molecule has 3 heteroatoms. The van der Waals surface area contributed by atoms with E-state index in [1.54, 1.807) is 0 Å². The summed E-state index contributed by atoms with van der Waals surface area (Å²) in [4.78, 5) is 2.49. The average molecular weight is 84.1 g/mol. The molecular formula is C3H4N2O. The van der Waals surface area contributed by atoms with Crippen LogP contribution in [0.3, 0.4) is 0 Å². The highest BCUT2D eigenvalue weighted by molar-refractivity contribution is 5.09. The molecule has 1 rings (SSSR count). The molecule has 0 saturated heterocycles. The second kappa shape index (κ2) is 1.01. The molecule has 1 aromatic rings. The fraction of sp³-hybridized carbons (Fsp3) is 0. The van der Waals surface area contributed by atoms with E-state index in [-0.39, 0.29) is 0 Å². The Morgan fingerprint density at radius 1 is 2.00 bits per heavy atom. The van der Waals surface area contributed by atoms with Crippen LogP contribution in [0.25, 0.3) is 0 Å². The van der Waals surface area contributed by atoms with E-state index in [1.165, 1.54) is 6.26 Å². The fourth-order valence-electron chi connectivity index (χ4n) is 0.211. The molecule has 0 amide bonds. The minimum atomic E-state index is 0.495. The van der Waals surface area contributed by atoms with E-state index in [0.29, 0.717) is 5.82 Å². The molecule has 0 radical (unpaired) electrons. The van der Waals surface area contributed by atoms with E-state index in [2.05, 4.69) is 15.8 Å². The van der Waals surface area contributed by atoms with Crippen molar-refractivity contribution in [1.82, 2.24) is 0 Å². The molecule has 0 saturated carbocycles. The summed E-state index contributed by atoms with van der Waals surface area (Å²) in [6.45, 7) is 0. The maximum Gasteiger partial charge on any atom is 0.198 e. The van der Waals surface area contributed by atoms with Gasteiger partial charge in [-0.15, -0.1) is 0 Å². The number of nitrogens with two attached hydrogens (primary N) is 1. The number of H-pyrrole nitrogens is 1. The molecule has 0 bridgehead atoms. The van der Waals surface area contributed by atoms with Crippen molar-refractivity contribution >= 4 is 5.82 Å². The third-order valence-corrected chi connectivity index (χ3v) is 0.440. The smallest absolute Gasteiger partial charge is 0.198 e. The van der Waals surface area contributed by atoms with Crippen molar-refractivity contribution in [2.75, 3.05) is 5.73 Å². The van der Waals surface area contributed by atoms with Gasteiger partial charge in [0, 0.05) is 6.26 Å². The van der Waals surface area contributed by atoms with Crippen LogP contribution in [0.15, 0.2) is 10.7 Å². The minimum Gasteiger partial charge on any atom is -0.559 e. The van der Waals surface area contributed by atoms with E-state index in [0.717, 1.165) is 0 Å². The lowest BCUT2D eigenvalue weighted by Gasteiger charge is -1.69. The Balaban J connectivity index is 3.05. The Kier molecular flexibility index (Phi) is 0.538. The maximum atomic E-state index is 5.10. The molecule has 0 unspecified atom stereocenters. The van der Waals surface area contributed by atoms with E-state index in [9.17, 15) is 0 Å². The lowest BCUT2D eigenvalue weighted by molar-refractivity contribution is -0.373. The van der Waals surface area contributed by atoms with Crippen LogP contribution in [0.2, 0.25) is 0 Å². The van der Waals surface area contributed by atoms with Crippen molar-refractivity contribution in [3.05, 3.63) is 12.7 Å². The number of hydrogen-bond donors (Lipinski definition) is 1. The Hall–Kier alpha value is -0.990. The zero-order valence-corrected chi connectivity index (χ0v) is 3.06. The number of oxazole rings is 1. The van der Waals surface area contributed by atoms with E-state index in [1.807, 2.05) is 0 Å². The molecule has 0 aliphatic carbocycles. The normalized spacial score (nSPS) is 8.67. The average Bonchev–Trinajstić information content (AvgIpc) is 1.86. The van der Waals surface area contributed by atoms with Crippen LogP contribution < -0.4 is 10.7 Å². The predicted molar refractivity (Wildman–Crippen MR) is 18.5 cm³/mol.